The van der Waals surface area contributed by atoms with Crippen LogP contribution >= 0.6 is 0 Å². The second kappa shape index (κ2) is 7.78. The van der Waals surface area contributed by atoms with Gasteiger partial charge in [0.05, 0.1) is 6.61 Å². The van der Waals surface area contributed by atoms with E-state index in [2.05, 4.69) is 45.0 Å². The molecule has 1 fully saturated rings. The SMILES string of the molecule is CC1(C)OC2C(=O)C(F)=C(CO[Si](c3ccccc3)(c3ccccc3)C(C)(C)C)[C@H]2O1. The van der Waals surface area contributed by atoms with Gasteiger partial charge in [-0.2, -0.15) is 0 Å². The summed E-state index contributed by atoms with van der Waals surface area (Å²) in [5.41, 5.74) is 0.244. The lowest BCUT2D eigenvalue weighted by Gasteiger charge is -2.43. The van der Waals surface area contributed by atoms with Gasteiger partial charge in [0.1, 0.15) is 6.10 Å². The molecule has 2 aromatic carbocycles. The molecule has 1 saturated heterocycles. The lowest BCUT2D eigenvalue weighted by Crippen LogP contribution is -2.66. The predicted molar refractivity (Wildman–Crippen MR) is 121 cm³/mol. The van der Waals surface area contributed by atoms with Crippen molar-refractivity contribution in [1.82, 2.24) is 0 Å². The number of halogens is 1. The number of hydrogen-bond donors (Lipinski definition) is 0. The summed E-state index contributed by atoms with van der Waals surface area (Å²) in [5, 5.41) is 1.94. The van der Waals surface area contributed by atoms with E-state index in [0.717, 1.165) is 10.4 Å². The Labute approximate surface area is 184 Å². The molecule has 0 amide bonds. The van der Waals surface area contributed by atoms with E-state index < -0.39 is 37.9 Å². The molecule has 1 aliphatic carbocycles. The maximum atomic E-state index is 14.9. The first-order valence-electron chi connectivity index (χ1n) is 10.6. The number of fused-ring (bicyclic) bond motifs is 1. The third-order valence-corrected chi connectivity index (χ3v) is 11.0. The van der Waals surface area contributed by atoms with E-state index in [4.69, 9.17) is 13.9 Å². The maximum absolute atomic E-state index is 14.9. The van der Waals surface area contributed by atoms with Crippen molar-refractivity contribution in [3.8, 4) is 0 Å². The summed E-state index contributed by atoms with van der Waals surface area (Å²) in [4.78, 5) is 12.5. The molecule has 0 radical (unpaired) electrons. The second-order valence-corrected chi connectivity index (χ2v) is 13.9. The lowest BCUT2D eigenvalue weighted by molar-refractivity contribution is -0.154. The van der Waals surface area contributed by atoms with Gasteiger partial charge in [-0.05, 0) is 29.3 Å². The van der Waals surface area contributed by atoms with E-state index in [9.17, 15) is 9.18 Å². The first-order valence-corrected chi connectivity index (χ1v) is 12.5. The Bertz CT molecular complexity index is 956. The fourth-order valence-corrected chi connectivity index (χ4v) is 9.24. The third kappa shape index (κ3) is 3.72. The number of carbonyl (C=O) groups excluding carboxylic acids is 1. The van der Waals surface area contributed by atoms with Crippen molar-refractivity contribution in [2.24, 2.45) is 0 Å². The van der Waals surface area contributed by atoms with Gasteiger partial charge in [0.2, 0.25) is 5.78 Å². The molecule has 4 nitrogen and oxygen atoms in total. The Morgan fingerprint density at radius 3 is 1.90 bits per heavy atom. The van der Waals surface area contributed by atoms with E-state index in [1.54, 1.807) is 13.8 Å². The Morgan fingerprint density at radius 2 is 1.42 bits per heavy atom. The average molecular weight is 441 g/mol. The quantitative estimate of drug-likeness (QED) is 0.662. The lowest BCUT2D eigenvalue weighted by atomic mass is 10.2. The number of ketones is 1. The van der Waals surface area contributed by atoms with E-state index >= 15 is 0 Å². The monoisotopic (exact) mass is 440 g/mol. The fraction of sp³-hybridized carbons (Fsp3) is 0.400. The first kappa shape index (κ1) is 22.1. The molecule has 164 valence electrons. The van der Waals surface area contributed by atoms with Crippen molar-refractivity contribution in [3.63, 3.8) is 0 Å². The van der Waals surface area contributed by atoms with Crippen molar-refractivity contribution in [2.75, 3.05) is 6.61 Å². The number of Topliss-reactive ketones (excluding diaryl/α,β-unsaturated/α-hetero) is 1. The molecular formula is C25H29FO4Si. The van der Waals surface area contributed by atoms with Crippen molar-refractivity contribution < 1.29 is 23.1 Å². The molecule has 4 rings (SSSR count). The van der Waals surface area contributed by atoms with Crippen LogP contribution in [0.3, 0.4) is 0 Å². The zero-order valence-electron chi connectivity index (χ0n) is 18.6. The zero-order valence-corrected chi connectivity index (χ0v) is 19.6. The molecule has 0 bridgehead atoms. The summed E-state index contributed by atoms with van der Waals surface area (Å²) in [7, 11) is -2.86. The van der Waals surface area contributed by atoms with Crippen LogP contribution in [-0.4, -0.2) is 38.7 Å². The third-order valence-electron chi connectivity index (χ3n) is 6.06. The Balaban J connectivity index is 1.77. The highest BCUT2D eigenvalue weighted by molar-refractivity contribution is 6.99. The van der Waals surface area contributed by atoms with Gasteiger partial charge in [0, 0.05) is 5.57 Å². The molecule has 0 N–H and O–H groups in total. The van der Waals surface area contributed by atoms with E-state index in [0.29, 0.717) is 0 Å². The molecule has 6 heteroatoms. The number of hydrogen-bond acceptors (Lipinski definition) is 4. The highest BCUT2D eigenvalue weighted by atomic mass is 28.4. The number of ether oxygens (including phenoxy) is 2. The van der Waals surface area contributed by atoms with Gasteiger partial charge < -0.3 is 13.9 Å². The molecule has 1 aliphatic heterocycles. The fourth-order valence-electron chi connectivity index (χ4n) is 4.71. The van der Waals surface area contributed by atoms with Crippen LogP contribution in [0.15, 0.2) is 72.1 Å². The smallest absolute Gasteiger partial charge is 0.261 e. The zero-order chi connectivity index (χ0) is 22.4. The standard InChI is InChI=1S/C25H29FO4Si/c1-24(2,3)31(17-12-8-6-9-13-17,18-14-10-7-11-15-18)28-16-19-20(26)21(27)23-22(19)29-25(4,5)30-23/h6-15,22-23H,16H2,1-5H3/t22-,23?/m1/s1. The van der Waals surface area contributed by atoms with Crippen LogP contribution < -0.4 is 10.4 Å². The first-order chi connectivity index (χ1) is 14.6. The molecule has 1 heterocycles. The van der Waals surface area contributed by atoms with Gasteiger partial charge in [-0.25, -0.2) is 4.39 Å². The van der Waals surface area contributed by atoms with Crippen molar-refractivity contribution >= 4 is 24.5 Å². The molecule has 0 spiro atoms. The largest absolute Gasteiger partial charge is 0.403 e. The number of carbonyl (C=O) groups is 1. The van der Waals surface area contributed by atoms with Gasteiger partial charge in [0.25, 0.3) is 8.32 Å². The van der Waals surface area contributed by atoms with Gasteiger partial charge in [0.15, 0.2) is 17.7 Å². The van der Waals surface area contributed by atoms with Crippen LogP contribution in [0.25, 0.3) is 0 Å². The molecule has 2 atom stereocenters. The Kier molecular flexibility index (Phi) is 5.54. The van der Waals surface area contributed by atoms with E-state index in [-0.39, 0.29) is 17.2 Å². The minimum Gasteiger partial charge on any atom is -0.403 e. The van der Waals surface area contributed by atoms with Crippen LogP contribution in [0.1, 0.15) is 34.6 Å². The molecular weight excluding hydrogens is 411 g/mol. The van der Waals surface area contributed by atoms with Crippen molar-refractivity contribution in [2.45, 2.75) is 57.7 Å². The van der Waals surface area contributed by atoms with Crippen molar-refractivity contribution in [3.05, 3.63) is 72.1 Å². The summed E-state index contributed by atoms with van der Waals surface area (Å²) in [6, 6.07) is 20.3. The highest BCUT2D eigenvalue weighted by Crippen LogP contribution is 2.42. The summed E-state index contributed by atoms with van der Waals surface area (Å²) >= 11 is 0. The topological polar surface area (TPSA) is 44.8 Å². The minimum atomic E-state index is -2.86. The highest BCUT2D eigenvalue weighted by Gasteiger charge is 2.55. The Morgan fingerprint density at radius 1 is 0.935 bits per heavy atom. The molecule has 31 heavy (non-hydrogen) atoms. The van der Waals surface area contributed by atoms with Crippen LogP contribution in [0, 0.1) is 0 Å². The summed E-state index contributed by atoms with van der Waals surface area (Å²) in [5.74, 6) is -2.38. The predicted octanol–water partition coefficient (Wildman–Crippen LogP) is 3.89. The summed E-state index contributed by atoms with van der Waals surface area (Å²) in [6.45, 7) is 9.92. The van der Waals surface area contributed by atoms with E-state index in [1.807, 2.05) is 36.4 Å². The Hall–Kier alpha value is -2.12. The van der Waals surface area contributed by atoms with Crippen molar-refractivity contribution in [1.29, 1.82) is 0 Å². The van der Waals surface area contributed by atoms with Crippen LogP contribution in [-0.2, 0) is 18.7 Å². The average Bonchev–Trinajstić information content (AvgIpc) is 3.15. The molecule has 0 saturated carbocycles. The van der Waals surface area contributed by atoms with Crippen LogP contribution in [0.2, 0.25) is 5.04 Å². The second-order valence-electron chi connectivity index (χ2n) is 9.63. The normalized spacial score (nSPS) is 23.4. The number of rotatable bonds is 5. The molecule has 2 aromatic rings. The minimum absolute atomic E-state index is 0.0224. The number of benzene rings is 2. The summed E-state index contributed by atoms with van der Waals surface area (Å²) < 4.78 is 33.3. The van der Waals surface area contributed by atoms with Crippen LogP contribution in [0.4, 0.5) is 4.39 Å². The molecule has 0 aromatic heterocycles. The molecule has 2 aliphatic rings. The maximum Gasteiger partial charge on any atom is 0.261 e. The van der Waals surface area contributed by atoms with Crippen LogP contribution in [0.5, 0.6) is 0 Å². The van der Waals surface area contributed by atoms with Gasteiger partial charge in [-0.3, -0.25) is 4.79 Å². The van der Waals surface area contributed by atoms with Gasteiger partial charge >= 0.3 is 0 Å². The van der Waals surface area contributed by atoms with Gasteiger partial charge in [-0.1, -0.05) is 81.4 Å². The molecule has 1 unspecified atom stereocenters. The summed E-state index contributed by atoms with van der Waals surface area (Å²) in [6.07, 6.45) is -1.69. The van der Waals surface area contributed by atoms with E-state index in [1.165, 1.54) is 0 Å². The van der Waals surface area contributed by atoms with Gasteiger partial charge in [-0.15, -0.1) is 0 Å².